The minimum absolute atomic E-state index is 0.860. The van der Waals surface area contributed by atoms with E-state index in [1.165, 1.54) is 5.56 Å². The quantitative estimate of drug-likeness (QED) is 0.802. The van der Waals surface area contributed by atoms with Crippen LogP contribution in [0.4, 0.5) is 5.69 Å². The van der Waals surface area contributed by atoms with Gasteiger partial charge in [-0.15, -0.1) is 0 Å². The maximum atomic E-state index is 6.13. The van der Waals surface area contributed by atoms with Crippen molar-refractivity contribution in [3.63, 3.8) is 0 Å². The van der Waals surface area contributed by atoms with E-state index in [-0.39, 0.29) is 0 Å². The Morgan fingerprint density at radius 2 is 1.73 bits per heavy atom. The summed E-state index contributed by atoms with van der Waals surface area (Å²) in [7, 11) is 1.81. The third-order valence-electron chi connectivity index (χ3n) is 3.23. The molecule has 3 N–H and O–H groups in total. The zero-order valence-electron chi connectivity index (χ0n) is 14.7. The van der Waals surface area contributed by atoms with Crippen LogP contribution in [0.25, 0.3) is 0 Å². The highest BCUT2D eigenvalue weighted by atomic mass is 15.2. The summed E-state index contributed by atoms with van der Waals surface area (Å²) >= 11 is 0. The number of anilines is 1. The second-order valence-corrected chi connectivity index (χ2v) is 5.08. The Morgan fingerprint density at radius 3 is 2.05 bits per heavy atom. The van der Waals surface area contributed by atoms with Crippen LogP contribution in [0.15, 0.2) is 60.7 Å². The molecule has 0 saturated heterocycles. The average molecular weight is 301 g/mol. The molecule has 0 aliphatic carbocycles. The number of benzene rings is 1. The Bertz CT molecular complexity index is 498. The number of nitrogens with one attached hydrogen (secondary N) is 1. The lowest BCUT2D eigenvalue weighted by Gasteiger charge is -2.29. The highest BCUT2D eigenvalue weighted by Crippen LogP contribution is 2.27. The van der Waals surface area contributed by atoms with Crippen molar-refractivity contribution in [1.82, 2.24) is 5.32 Å². The molecule has 0 amide bonds. The summed E-state index contributed by atoms with van der Waals surface area (Å²) < 4.78 is 0. The molecule has 1 aromatic rings. The average Bonchev–Trinajstić information content (AvgIpc) is 2.52. The molecule has 0 fully saturated rings. The van der Waals surface area contributed by atoms with Gasteiger partial charge >= 0.3 is 0 Å². The van der Waals surface area contributed by atoms with Gasteiger partial charge in [0.2, 0.25) is 0 Å². The fraction of sp³-hybridized carbons (Fsp3) is 0.368. The van der Waals surface area contributed by atoms with Crippen molar-refractivity contribution in [3.8, 4) is 0 Å². The SMILES string of the molecule is C=C(C)N(/C(CC)=C(\N)CC)c1ccc(C)cc1.C=CNC. The summed E-state index contributed by atoms with van der Waals surface area (Å²) in [5, 5.41) is 2.69. The van der Waals surface area contributed by atoms with Crippen LogP contribution < -0.4 is 16.0 Å². The molecule has 0 aliphatic rings. The summed E-state index contributed by atoms with van der Waals surface area (Å²) in [6.45, 7) is 15.8. The number of hydrogen-bond donors (Lipinski definition) is 2. The van der Waals surface area contributed by atoms with Gasteiger partial charge in [0.1, 0.15) is 0 Å². The van der Waals surface area contributed by atoms with Crippen LogP contribution in [0.1, 0.15) is 39.2 Å². The number of nitrogens with two attached hydrogens (primary N) is 1. The first kappa shape index (κ1) is 19.8. The van der Waals surface area contributed by atoms with E-state index in [0.29, 0.717) is 0 Å². The number of nitrogens with zero attached hydrogens (tertiary/aromatic N) is 1. The molecular weight excluding hydrogens is 270 g/mol. The molecule has 0 aliphatic heterocycles. The summed E-state index contributed by atoms with van der Waals surface area (Å²) in [6, 6.07) is 8.45. The van der Waals surface area contributed by atoms with Crippen LogP contribution in [-0.2, 0) is 0 Å². The Kier molecular flexibility index (Phi) is 9.51. The molecule has 0 spiro atoms. The Labute approximate surface area is 136 Å². The third kappa shape index (κ3) is 6.08. The fourth-order valence-electron chi connectivity index (χ4n) is 2.03. The van der Waals surface area contributed by atoms with Crippen molar-refractivity contribution in [2.75, 3.05) is 11.9 Å². The molecule has 122 valence electrons. The van der Waals surface area contributed by atoms with Crippen LogP contribution >= 0.6 is 0 Å². The molecular formula is C19H31N3. The molecule has 1 rings (SSSR count). The summed E-state index contributed by atoms with van der Waals surface area (Å²) in [4.78, 5) is 2.15. The summed E-state index contributed by atoms with van der Waals surface area (Å²) in [5.41, 5.74) is 11.6. The van der Waals surface area contributed by atoms with E-state index in [4.69, 9.17) is 5.73 Å². The summed E-state index contributed by atoms with van der Waals surface area (Å²) in [6.07, 6.45) is 3.39. The minimum atomic E-state index is 0.860. The van der Waals surface area contributed by atoms with Crippen molar-refractivity contribution in [1.29, 1.82) is 0 Å². The van der Waals surface area contributed by atoms with Crippen molar-refractivity contribution in [3.05, 3.63) is 66.3 Å². The molecule has 0 unspecified atom stereocenters. The van der Waals surface area contributed by atoms with Crippen molar-refractivity contribution < 1.29 is 0 Å². The molecule has 0 heterocycles. The first-order valence-corrected chi connectivity index (χ1v) is 7.70. The Hall–Kier alpha value is -2.16. The van der Waals surface area contributed by atoms with Gasteiger partial charge in [0, 0.05) is 29.8 Å². The fourth-order valence-corrected chi connectivity index (χ4v) is 2.03. The Morgan fingerprint density at radius 1 is 1.23 bits per heavy atom. The van der Waals surface area contributed by atoms with Crippen LogP contribution in [-0.4, -0.2) is 7.05 Å². The van der Waals surface area contributed by atoms with Crippen molar-refractivity contribution in [2.45, 2.75) is 40.5 Å². The number of allylic oxidation sites excluding steroid dienone is 3. The minimum Gasteiger partial charge on any atom is -0.401 e. The van der Waals surface area contributed by atoms with Crippen molar-refractivity contribution >= 4 is 5.69 Å². The Balaban J connectivity index is 0.000000980. The molecule has 1 aromatic carbocycles. The second kappa shape index (κ2) is 10.6. The number of rotatable bonds is 6. The molecule has 3 nitrogen and oxygen atoms in total. The van der Waals surface area contributed by atoms with Crippen LogP contribution in [0.5, 0.6) is 0 Å². The molecule has 22 heavy (non-hydrogen) atoms. The zero-order valence-corrected chi connectivity index (χ0v) is 14.7. The predicted molar refractivity (Wildman–Crippen MR) is 99.5 cm³/mol. The lowest BCUT2D eigenvalue weighted by molar-refractivity contribution is 0.897. The zero-order chi connectivity index (χ0) is 17.1. The van der Waals surface area contributed by atoms with Crippen LogP contribution in [0.3, 0.4) is 0 Å². The highest BCUT2D eigenvalue weighted by molar-refractivity contribution is 5.58. The maximum absolute atomic E-state index is 6.13. The first-order chi connectivity index (χ1) is 10.4. The highest BCUT2D eigenvalue weighted by Gasteiger charge is 2.14. The van der Waals surface area contributed by atoms with Gasteiger partial charge < -0.3 is 16.0 Å². The molecule has 0 aromatic heterocycles. The van der Waals surface area contributed by atoms with E-state index >= 15 is 0 Å². The largest absolute Gasteiger partial charge is 0.401 e. The third-order valence-corrected chi connectivity index (χ3v) is 3.23. The molecule has 0 bridgehead atoms. The topological polar surface area (TPSA) is 41.3 Å². The smallest absolute Gasteiger partial charge is 0.0455 e. The van der Waals surface area contributed by atoms with E-state index in [0.717, 1.165) is 35.6 Å². The number of aryl methyl sites for hydroxylation is 1. The lowest BCUT2D eigenvalue weighted by atomic mass is 10.1. The predicted octanol–water partition coefficient (Wildman–Crippen LogP) is 4.67. The first-order valence-electron chi connectivity index (χ1n) is 7.70. The van der Waals surface area contributed by atoms with E-state index < -0.39 is 0 Å². The van der Waals surface area contributed by atoms with E-state index in [2.05, 4.69) is 68.4 Å². The lowest BCUT2D eigenvalue weighted by Crippen LogP contribution is -2.23. The van der Waals surface area contributed by atoms with Gasteiger partial charge in [-0.1, -0.05) is 44.7 Å². The monoisotopic (exact) mass is 301 g/mol. The van der Waals surface area contributed by atoms with Crippen LogP contribution in [0.2, 0.25) is 0 Å². The van der Waals surface area contributed by atoms with Gasteiger partial charge in [-0.3, -0.25) is 0 Å². The van der Waals surface area contributed by atoms with E-state index in [1.54, 1.807) is 6.20 Å². The second-order valence-electron chi connectivity index (χ2n) is 5.08. The molecule has 0 saturated carbocycles. The summed E-state index contributed by atoms with van der Waals surface area (Å²) in [5.74, 6) is 0. The number of hydrogen-bond acceptors (Lipinski definition) is 3. The maximum Gasteiger partial charge on any atom is 0.0455 e. The van der Waals surface area contributed by atoms with Gasteiger partial charge in [0.05, 0.1) is 0 Å². The van der Waals surface area contributed by atoms with Gasteiger partial charge in [-0.05, 0) is 45.0 Å². The van der Waals surface area contributed by atoms with Gasteiger partial charge in [0.15, 0.2) is 0 Å². The normalized spacial score (nSPS) is 10.8. The molecule has 0 radical (unpaired) electrons. The van der Waals surface area contributed by atoms with E-state index in [1.807, 2.05) is 14.0 Å². The van der Waals surface area contributed by atoms with Crippen molar-refractivity contribution in [2.24, 2.45) is 5.73 Å². The van der Waals surface area contributed by atoms with Gasteiger partial charge in [0.25, 0.3) is 0 Å². The standard InChI is InChI=1S/C16H24N2.C3H7N/c1-6-15(17)16(7-2)18(12(3)4)14-10-8-13(5)9-11-14;1-3-4-2/h8-11H,3,6-7,17H2,1-2,4-5H3;3-4H,1H2,2H3/b16-15-;. The van der Waals surface area contributed by atoms with Gasteiger partial charge in [-0.25, -0.2) is 0 Å². The van der Waals surface area contributed by atoms with Crippen LogP contribution in [0, 0.1) is 6.92 Å². The molecule has 3 heteroatoms. The van der Waals surface area contributed by atoms with Gasteiger partial charge in [-0.2, -0.15) is 0 Å². The van der Waals surface area contributed by atoms with E-state index in [9.17, 15) is 0 Å². The molecule has 0 atom stereocenters.